The maximum atomic E-state index is 11.2. The lowest BCUT2D eigenvalue weighted by atomic mass is 9.69. The molecule has 1 aromatic rings. The van der Waals surface area contributed by atoms with Gasteiger partial charge in [0.15, 0.2) is 5.60 Å². The number of rotatable bonds is 1. The molecule has 1 aliphatic carbocycles. The molecule has 1 aliphatic heterocycles. The average Bonchev–Trinajstić information content (AvgIpc) is 3.01. The summed E-state index contributed by atoms with van der Waals surface area (Å²) in [6.45, 7) is 0. The van der Waals surface area contributed by atoms with Crippen molar-refractivity contribution in [1.82, 2.24) is 0 Å². The average molecular weight is 192 g/mol. The number of aliphatic hydroxyl groups is 1. The van der Waals surface area contributed by atoms with Crippen molar-refractivity contribution in [2.24, 2.45) is 0 Å². The molecular weight excluding hydrogens is 184 g/mol. The number of carbonyl (C=O) groups excluding carboxylic acids is 1. The molecule has 4 heteroatoms. The van der Waals surface area contributed by atoms with Gasteiger partial charge in [-0.2, -0.15) is 9.78 Å². The third-order valence-electron chi connectivity index (χ3n) is 2.83. The maximum Gasteiger partial charge on any atom is 0.323 e. The van der Waals surface area contributed by atoms with Crippen LogP contribution in [0.3, 0.4) is 0 Å². The first-order valence-corrected chi connectivity index (χ1v) is 4.37. The quantitative estimate of drug-likeness (QED) is 0.520. The zero-order chi connectivity index (χ0) is 9.81. The Labute approximate surface area is 80.0 Å². The Kier molecular flexibility index (Phi) is 1.29. The van der Waals surface area contributed by atoms with Crippen molar-refractivity contribution >= 4 is 5.78 Å². The van der Waals surface area contributed by atoms with Crippen LogP contribution in [-0.4, -0.2) is 16.7 Å². The maximum absolute atomic E-state index is 11.2. The Balaban J connectivity index is 2.04. The molecule has 2 fully saturated rings. The zero-order valence-electron chi connectivity index (χ0n) is 7.27. The van der Waals surface area contributed by atoms with E-state index in [-0.39, 0.29) is 12.2 Å². The van der Waals surface area contributed by atoms with Crippen LogP contribution >= 0.6 is 0 Å². The van der Waals surface area contributed by atoms with Gasteiger partial charge in [-0.1, -0.05) is 30.3 Å². The standard InChI is InChI=1S/C10H8O4/c11-8-6-9(12,10(8)13-14-10)7-4-2-1-3-5-7/h1-5,12H,6H2. The summed E-state index contributed by atoms with van der Waals surface area (Å²) in [4.78, 5) is 20.4. The van der Waals surface area contributed by atoms with Gasteiger partial charge in [0.1, 0.15) is 0 Å². The highest BCUT2D eigenvalue weighted by molar-refractivity contribution is 5.97. The molecule has 0 radical (unpaired) electrons. The number of hydrogen-bond acceptors (Lipinski definition) is 4. The van der Waals surface area contributed by atoms with Crippen LogP contribution in [0.1, 0.15) is 12.0 Å². The van der Waals surface area contributed by atoms with Crippen molar-refractivity contribution in [3.05, 3.63) is 35.9 Å². The zero-order valence-corrected chi connectivity index (χ0v) is 7.27. The second kappa shape index (κ2) is 2.23. The molecule has 1 saturated carbocycles. The van der Waals surface area contributed by atoms with Gasteiger partial charge in [0.25, 0.3) is 0 Å². The van der Waals surface area contributed by atoms with Crippen molar-refractivity contribution in [2.45, 2.75) is 17.8 Å². The summed E-state index contributed by atoms with van der Waals surface area (Å²) >= 11 is 0. The molecule has 1 spiro atoms. The van der Waals surface area contributed by atoms with E-state index in [1.54, 1.807) is 24.3 Å². The molecule has 1 heterocycles. The molecular formula is C10H8O4. The minimum absolute atomic E-state index is 0.0526. The van der Waals surface area contributed by atoms with Crippen LogP contribution < -0.4 is 0 Å². The Hall–Kier alpha value is -1.23. The molecule has 1 aromatic carbocycles. The van der Waals surface area contributed by atoms with E-state index in [9.17, 15) is 9.90 Å². The normalized spacial score (nSPS) is 32.8. The number of hydrogen-bond donors (Lipinski definition) is 1. The summed E-state index contributed by atoms with van der Waals surface area (Å²) < 4.78 is 0. The molecule has 1 saturated heterocycles. The molecule has 0 amide bonds. The van der Waals surface area contributed by atoms with Gasteiger partial charge < -0.3 is 5.11 Å². The smallest absolute Gasteiger partial charge is 0.323 e. The minimum Gasteiger partial charge on any atom is -0.378 e. The molecule has 2 aliphatic rings. The van der Waals surface area contributed by atoms with Crippen LogP contribution in [0.2, 0.25) is 0 Å². The molecule has 72 valence electrons. The van der Waals surface area contributed by atoms with Crippen LogP contribution in [0.25, 0.3) is 0 Å². The van der Waals surface area contributed by atoms with E-state index < -0.39 is 11.4 Å². The first-order chi connectivity index (χ1) is 6.69. The fraction of sp³-hybridized carbons (Fsp3) is 0.300. The SMILES string of the molecule is O=C1CC(O)(c2ccccc2)C12OO2. The fourth-order valence-electron chi connectivity index (χ4n) is 1.87. The summed E-state index contributed by atoms with van der Waals surface area (Å²) in [5.74, 6) is -1.60. The van der Waals surface area contributed by atoms with Crippen LogP contribution in [0.15, 0.2) is 30.3 Å². The van der Waals surface area contributed by atoms with Crippen molar-refractivity contribution in [3.63, 3.8) is 0 Å². The van der Waals surface area contributed by atoms with Crippen LogP contribution in [0.5, 0.6) is 0 Å². The number of ketones is 1. The topological polar surface area (TPSA) is 62.4 Å². The molecule has 0 aromatic heterocycles. The third kappa shape index (κ3) is 0.721. The number of benzene rings is 1. The van der Waals surface area contributed by atoms with Gasteiger partial charge >= 0.3 is 5.79 Å². The van der Waals surface area contributed by atoms with E-state index in [4.69, 9.17) is 0 Å². The van der Waals surface area contributed by atoms with Gasteiger partial charge in [-0.05, 0) is 5.56 Å². The van der Waals surface area contributed by atoms with E-state index >= 15 is 0 Å². The highest BCUT2D eigenvalue weighted by atomic mass is 17.4. The molecule has 3 rings (SSSR count). The summed E-state index contributed by atoms with van der Waals surface area (Å²) in [5, 5.41) is 10.2. The van der Waals surface area contributed by atoms with Crippen LogP contribution in [-0.2, 0) is 20.2 Å². The molecule has 1 atom stereocenters. The highest BCUT2D eigenvalue weighted by Crippen LogP contribution is 2.57. The van der Waals surface area contributed by atoms with Crippen molar-refractivity contribution < 1.29 is 19.7 Å². The van der Waals surface area contributed by atoms with Gasteiger partial charge in [-0.15, -0.1) is 0 Å². The van der Waals surface area contributed by atoms with E-state index in [2.05, 4.69) is 9.78 Å². The van der Waals surface area contributed by atoms with Gasteiger partial charge in [-0.25, -0.2) is 0 Å². The molecule has 4 nitrogen and oxygen atoms in total. The summed E-state index contributed by atoms with van der Waals surface area (Å²) in [6, 6.07) is 8.94. The summed E-state index contributed by atoms with van der Waals surface area (Å²) in [5.41, 5.74) is -0.650. The Morgan fingerprint density at radius 2 is 1.86 bits per heavy atom. The van der Waals surface area contributed by atoms with Gasteiger partial charge in [0, 0.05) is 0 Å². The number of carbonyl (C=O) groups is 1. The fourth-order valence-corrected chi connectivity index (χ4v) is 1.87. The lowest BCUT2D eigenvalue weighted by Gasteiger charge is -2.38. The first-order valence-electron chi connectivity index (χ1n) is 4.37. The molecule has 1 N–H and O–H groups in total. The van der Waals surface area contributed by atoms with Crippen molar-refractivity contribution in [3.8, 4) is 0 Å². The van der Waals surface area contributed by atoms with Gasteiger partial charge in [0.05, 0.1) is 6.42 Å². The Bertz CT molecular complexity index is 396. The van der Waals surface area contributed by atoms with E-state index in [1.165, 1.54) is 0 Å². The Morgan fingerprint density at radius 1 is 1.21 bits per heavy atom. The third-order valence-corrected chi connectivity index (χ3v) is 2.83. The lowest BCUT2D eigenvalue weighted by molar-refractivity contribution is -0.168. The lowest BCUT2D eigenvalue weighted by Crippen LogP contribution is -2.59. The first kappa shape index (κ1) is 8.11. The Morgan fingerprint density at radius 3 is 2.36 bits per heavy atom. The second-order valence-corrected chi connectivity index (χ2v) is 3.61. The van der Waals surface area contributed by atoms with E-state index in [1.807, 2.05) is 6.07 Å². The highest BCUT2D eigenvalue weighted by Gasteiger charge is 2.79. The van der Waals surface area contributed by atoms with Crippen molar-refractivity contribution in [1.29, 1.82) is 0 Å². The summed E-state index contributed by atoms with van der Waals surface area (Å²) in [6.07, 6.45) is 0.0526. The van der Waals surface area contributed by atoms with Crippen LogP contribution in [0, 0.1) is 0 Å². The van der Waals surface area contributed by atoms with Crippen molar-refractivity contribution in [2.75, 3.05) is 0 Å². The summed E-state index contributed by atoms with van der Waals surface area (Å²) in [7, 11) is 0. The van der Waals surface area contributed by atoms with E-state index in [0.717, 1.165) is 0 Å². The molecule has 1 unspecified atom stereocenters. The van der Waals surface area contributed by atoms with Gasteiger partial charge in [-0.3, -0.25) is 4.79 Å². The molecule has 14 heavy (non-hydrogen) atoms. The number of Topliss-reactive ketones (excluding diaryl/α,β-unsaturated/α-hetero) is 1. The second-order valence-electron chi connectivity index (χ2n) is 3.61. The predicted molar refractivity (Wildman–Crippen MR) is 44.9 cm³/mol. The molecule has 0 bridgehead atoms. The largest absolute Gasteiger partial charge is 0.378 e. The van der Waals surface area contributed by atoms with Crippen LogP contribution in [0.4, 0.5) is 0 Å². The van der Waals surface area contributed by atoms with E-state index in [0.29, 0.717) is 5.56 Å². The minimum atomic E-state index is -1.39. The monoisotopic (exact) mass is 192 g/mol. The van der Waals surface area contributed by atoms with Gasteiger partial charge in [0.2, 0.25) is 5.78 Å². The predicted octanol–water partition coefficient (Wildman–Crippen LogP) is 0.505.